The summed E-state index contributed by atoms with van der Waals surface area (Å²) < 4.78 is 24.4. The zero-order chi connectivity index (χ0) is 28.3. The van der Waals surface area contributed by atoms with Gasteiger partial charge in [-0.2, -0.15) is 0 Å². The molecule has 0 fully saturated rings. The number of benzene rings is 3. The minimum atomic E-state index is -0.862. The number of nitrogens with zero attached hydrogens (tertiary/aromatic N) is 1. The Bertz CT molecular complexity index is 1310. The van der Waals surface area contributed by atoms with Crippen molar-refractivity contribution in [2.45, 2.75) is 51.1 Å². The van der Waals surface area contributed by atoms with Crippen LogP contribution in [0.25, 0.3) is 0 Å². The number of nitrogens with one attached hydrogen (secondary N) is 1. The summed E-state index contributed by atoms with van der Waals surface area (Å²) in [6.07, 6.45) is 7.67. The van der Waals surface area contributed by atoms with E-state index in [0.29, 0.717) is 23.6 Å². The van der Waals surface area contributed by atoms with E-state index in [2.05, 4.69) is 11.4 Å². The van der Waals surface area contributed by atoms with E-state index in [0.717, 1.165) is 30.4 Å². The molecule has 1 aliphatic rings. The average Bonchev–Trinajstić information content (AvgIpc) is 2.99. The van der Waals surface area contributed by atoms with Crippen LogP contribution in [0.5, 0.6) is 11.5 Å². The van der Waals surface area contributed by atoms with Crippen molar-refractivity contribution >= 4 is 11.8 Å². The molecule has 1 unspecified atom stereocenters. The molecule has 0 heterocycles. The molecule has 0 radical (unpaired) electrons. The highest BCUT2D eigenvalue weighted by Crippen LogP contribution is 2.30. The number of allylic oxidation sites excluding steroid dienone is 1. The lowest BCUT2D eigenvalue weighted by Gasteiger charge is -2.32. The van der Waals surface area contributed by atoms with E-state index < -0.39 is 6.04 Å². The van der Waals surface area contributed by atoms with Crippen molar-refractivity contribution in [1.82, 2.24) is 10.2 Å². The van der Waals surface area contributed by atoms with Gasteiger partial charge in [0.05, 0.1) is 20.6 Å². The summed E-state index contributed by atoms with van der Waals surface area (Å²) in [6, 6.07) is 19.8. The van der Waals surface area contributed by atoms with Crippen molar-refractivity contribution in [3.8, 4) is 11.5 Å². The Kier molecular flexibility index (Phi) is 10.3. The Morgan fingerprint density at radius 1 is 0.925 bits per heavy atom. The number of methoxy groups -OCH3 is 2. The number of hydrogen-bond acceptors (Lipinski definition) is 4. The Morgan fingerprint density at radius 3 is 2.33 bits per heavy atom. The van der Waals surface area contributed by atoms with Gasteiger partial charge >= 0.3 is 0 Å². The summed E-state index contributed by atoms with van der Waals surface area (Å²) >= 11 is 0. The molecule has 7 heteroatoms. The molecule has 1 aliphatic carbocycles. The highest BCUT2D eigenvalue weighted by molar-refractivity contribution is 5.89. The molecular weight excluding hydrogens is 507 g/mol. The largest absolute Gasteiger partial charge is 0.493 e. The van der Waals surface area contributed by atoms with Crippen LogP contribution in [0.1, 0.15) is 54.8 Å². The third kappa shape index (κ3) is 7.72. The fraction of sp³-hybridized carbons (Fsp3) is 0.333. The second-order valence-corrected chi connectivity index (χ2v) is 9.98. The van der Waals surface area contributed by atoms with Crippen molar-refractivity contribution < 1.29 is 23.5 Å². The molecule has 0 aromatic heterocycles. The molecule has 4 rings (SSSR count). The number of carbonyl (C=O) groups excluding carboxylic acids is 2. The van der Waals surface area contributed by atoms with Crippen LogP contribution in [0, 0.1) is 5.82 Å². The summed E-state index contributed by atoms with van der Waals surface area (Å²) in [5, 5.41) is 3.09. The predicted molar refractivity (Wildman–Crippen MR) is 154 cm³/mol. The van der Waals surface area contributed by atoms with E-state index in [1.807, 2.05) is 36.4 Å². The van der Waals surface area contributed by atoms with Crippen LogP contribution >= 0.6 is 0 Å². The maximum atomic E-state index is 14.0. The summed E-state index contributed by atoms with van der Waals surface area (Å²) in [5.41, 5.74) is 3.53. The average molecular weight is 545 g/mol. The number of halogens is 1. The summed E-state index contributed by atoms with van der Waals surface area (Å²) in [4.78, 5) is 29.3. The molecule has 210 valence electrons. The van der Waals surface area contributed by atoms with Gasteiger partial charge in [-0.1, -0.05) is 60.2 Å². The summed E-state index contributed by atoms with van der Waals surface area (Å²) in [5.74, 6) is 0.242. The molecule has 0 saturated carbocycles. The smallest absolute Gasteiger partial charge is 0.247 e. The van der Waals surface area contributed by atoms with Gasteiger partial charge in [0.2, 0.25) is 11.8 Å². The molecule has 2 amide bonds. The zero-order valence-electron chi connectivity index (χ0n) is 23.2. The van der Waals surface area contributed by atoms with Gasteiger partial charge in [-0.3, -0.25) is 9.59 Å². The predicted octanol–water partition coefficient (Wildman–Crippen LogP) is 6.16. The number of amides is 2. The van der Waals surface area contributed by atoms with Crippen LogP contribution < -0.4 is 14.8 Å². The minimum Gasteiger partial charge on any atom is -0.493 e. The number of ether oxygens (including phenoxy) is 2. The molecule has 3 aromatic rings. The van der Waals surface area contributed by atoms with Gasteiger partial charge in [-0.05, 0) is 73.1 Å². The maximum absolute atomic E-state index is 14.0. The van der Waals surface area contributed by atoms with E-state index in [1.54, 1.807) is 43.4 Å². The minimum absolute atomic E-state index is 0.0467. The topological polar surface area (TPSA) is 67.9 Å². The monoisotopic (exact) mass is 544 g/mol. The van der Waals surface area contributed by atoms with Crippen molar-refractivity contribution in [1.29, 1.82) is 0 Å². The van der Waals surface area contributed by atoms with Crippen LogP contribution in [0.3, 0.4) is 0 Å². The lowest BCUT2D eigenvalue weighted by Crippen LogP contribution is -2.44. The van der Waals surface area contributed by atoms with Gasteiger partial charge in [0.25, 0.3) is 0 Å². The first-order valence-electron chi connectivity index (χ1n) is 13.7. The van der Waals surface area contributed by atoms with Crippen LogP contribution in [-0.2, 0) is 22.6 Å². The van der Waals surface area contributed by atoms with Gasteiger partial charge in [-0.15, -0.1) is 0 Å². The van der Waals surface area contributed by atoms with Crippen LogP contribution in [0.2, 0.25) is 0 Å². The molecule has 3 aromatic carbocycles. The van der Waals surface area contributed by atoms with Crippen molar-refractivity contribution in [3.05, 3.63) is 107 Å². The Balaban J connectivity index is 1.63. The third-order valence-corrected chi connectivity index (χ3v) is 7.20. The number of carbonyl (C=O) groups is 2. The number of rotatable bonds is 12. The first-order valence-corrected chi connectivity index (χ1v) is 13.7. The number of hydrogen-bond donors (Lipinski definition) is 1. The van der Waals surface area contributed by atoms with Crippen molar-refractivity contribution in [2.24, 2.45) is 0 Å². The fourth-order valence-electron chi connectivity index (χ4n) is 5.06. The molecule has 6 nitrogen and oxygen atoms in total. The lowest BCUT2D eigenvalue weighted by atomic mass is 9.97. The SMILES string of the molecule is COc1ccc(CC(=O)N(Cc2ccc(F)cc2)C(C(=O)NCCC2=CCCCC2)c2ccccc2)cc1OC. The standard InChI is InChI=1S/C33H37FN2O4/c1-39-29-18-15-26(21-30(29)40-2)22-31(37)36(23-25-13-16-28(34)17-14-25)32(27-11-7-4-8-12-27)33(38)35-20-19-24-9-5-3-6-10-24/h4,7-9,11-18,21,32H,3,5-6,10,19-20,22-23H2,1-2H3,(H,35,38). The Morgan fingerprint density at radius 2 is 1.65 bits per heavy atom. The van der Waals surface area contributed by atoms with Crippen molar-refractivity contribution in [2.75, 3.05) is 20.8 Å². The molecule has 0 aliphatic heterocycles. The molecular formula is C33H37FN2O4. The van der Waals surface area contributed by atoms with Crippen molar-refractivity contribution in [3.63, 3.8) is 0 Å². The highest BCUT2D eigenvalue weighted by atomic mass is 19.1. The Labute approximate surface area is 235 Å². The van der Waals surface area contributed by atoms with E-state index in [-0.39, 0.29) is 30.6 Å². The normalized spacial score (nSPS) is 13.6. The molecule has 40 heavy (non-hydrogen) atoms. The molecule has 0 spiro atoms. The third-order valence-electron chi connectivity index (χ3n) is 7.20. The van der Waals surface area contributed by atoms with Gasteiger partial charge in [0, 0.05) is 13.1 Å². The molecule has 0 saturated heterocycles. The maximum Gasteiger partial charge on any atom is 0.247 e. The highest BCUT2D eigenvalue weighted by Gasteiger charge is 2.31. The van der Waals surface area contributed by atoms with Gasteiger partial charge in [0.15, 0.2) is 11.5 Å². The van der Waals surface area contributed by atoms with Gasteiger partial charge in [0.1, 0.15) is 11.9 Å². The summed E-state index contributed by atoms with van der Waals surface area (Å²) in [6.45, 7) is 0.646. The lowest BCUT2D eigenvalue weighted by molar-refractivity contribution is -0.141. The molecule has 1 N–H and O–H groups in total. The molecule has 1 atom stereocenters. The first-order chi connectivity index (χ1) is 19.5. The van der Waals surface area contributed by atoms with Gasteiger partial charge < -0.3 is 19.7 Å². The van der Waals surface area contributed by atoms with Gasteiger partial charge in [-0.25, -0.2) is 4.39 Å². The fourth-order valence-corrected chi connectivity index (χ4v) is 5.06. The van der Waals surface area contributed by atoms with Crippen LogP contribution in [-0.4, -0.2) is 37.5 Å². The molecule has 0 bridgehead atoms. The van der Waals surface area contributed by atoms with E-state index >= 15 is 0 Å². The van der Waals surface area contributed by atoms with E-state index in [9.17, 15) is 14.0 Å². The van der Waals surface area contributed by atoms with E-state index in [1.165, 1.54) is 30.5 Å². The van der Waals surface area contributed by atoms with Crippen LogP contribution in [0.4, 0.5) is 4.39 Å². The first kappa shape index (κ1) is 28.9. The zero-order valence-corrected chi connectivity index (χ0v) is 23.2. The second-order valence-electron chi connectivity index (χ2n) is 9.98. The Hall–Kier alpha value is -4.13. The van der Waals surface area contributed by atoms with Crippen LogP contribution in [0.15, 0.2) is 84.4 Å². The second kappa shape index (κ2) is 14.3. The quantitative estimate of drug-likeness (QED) is 0.277. The van der Waals surface area contributed by atoms with E-state index in [4.69, 9.17) is 9.47 Å². The summed E-state index contributed by atoms with van der Waals surface area (Å²) in [7, 11) is 3.10.